The highest BCUT2D eigenvalue weighted by Crippen LogP contribution is 2.30. The Morgan fingerprint density at radius 2 is 1.65 bits per heavy atom. The minimum absolute atomic E-state index is 0.343. The number of para-hydroxylation sites is 1. The van der Waals surface area contributed by atoms with Crippen molar-refractivity contribution in [2.45, 2.75) is 73.1 Å². The van der Waals surface area contributed by atoms with E-state index in [-0.39, 0.29) is 5.92 Å². The summed E-state index contributed by atoms with van der Waals surface area (Å²) in [6, 6.07) is 11.0. The zero-order valence-corrected chi connectivity index (χ0v) is 23.5. The summed E-state index contributed by atoms with van der Waals surface area (Å²) in [5, 5.41) is 5.84. The Bertz CT molecular complexity index is 1170. The predicted octanol–water partition coefficient (Wildman–Crippen LogP) is 5.91. The molecule has 0 aromatic heterocycles. The van der Waals surface area contributed by atoms with Crippen molar-refractivity contribution >= 4 is 35.2 Å². The number of amides is 3. The van der Waals surface area contributed by atoms with Crippen molar-refractivity contribution in [1.29, 1.82) is 0 Å². The summed E-state index contributed by atoms with van der Waals surface area (Å²) < 4.78 is 5.34. The smallest absolute Gasteiger partial charge is 0.408 e. The number of terminal acetylenes is 1. The number of carbonyl (C=O) groups is 3. The topological polar surface area (TPSA) is 87.7 Å². The van der Waals surface area contributed by atoms with Crippen LogP contribution in [-0.4, -0.2) is 34.5 Å². The molecule has 0 fully saturated rings. The normalized spacial score (nSPS) is 12.8. The molecule has 7 nitrogen and oxygen atoms in total. The van der Waals surface area contributed by atoms with Crippen molar-refractivity contribution in [2.75, 3.05) is 5.32 Å². The van der Waals surface area contributed by atoms with Gasteiger partial charge in [0.15, 0.2) is 0 Å². The molecule has 0 heterocycles. The Hall–Kier alpha value is -3.50. The number of alkyl carbamates (subject to hydrolysis) is 1. The van der Waals surface area contributed by atoms with Crippen molar-refractivity contribution in [3.05, 3.63) is 63.7 Å². The zero-order chi connectivity index (χ0) is 28.1. The summed E-state index contributed by atoms with van der Waals surface area (Å²) in [7, 11) is 0. The molecule has 0 aliphatic rings. The number of carbonyl (C=O) groups excluding carboxylic acids is 3. The average molecular weight is 526 g/mol. The van der Waals surface area contributed by atoms with Crippen LogP contribution >= 0.6 is 11.6 Å². The molecule has 198 valence electrons. The van der Waals surface area contributed by atoms with Crippen LogP contribution in [0.25, 0.3) is 0 Å². The minimum atomic E-state index is -1.19. The Kier molecular flexibility index (Phi) is 9.77. The van der Waals surface area contributed by atoms with Crippen LogP contribution in [0.15, 0.2) is 36.4 Å². The van der Waals surface area contributed by atoms with E-state index in [9.17, 15) is 14.4 Å². The minimum Gasteiger partial charge on any atom is -0.444 e. The fourth-order valence-electron chi connectivity index (χ4n) is 3.93. The maximum absolute atomic E-state index is 13.8. The third-order valence-corrected chi connectivity index (χ3v) is 5.83. The molecule has 0 spiro atoms. The SMILES string of the molecule is C#CN(C(=O)C(NC(=O)OC(C)(C)C)C(C)C)C(C(=O)Nc1c(C)cccc1Cl)c1cc(C)cc(C)c1. The molecule has 0 saturated carbocycles. The standard InChI is InChI=1S/C29H36ClN3O4/c1-10-33(27(35)23(17(2)3)32-28(36)37-29(7,8)9)25(21-15-18(4)14-19(5)16-21)26(34)31-24-20(6)12-11-13-22(24)30/h1,11-17,23,25H,2-9H3,(H,31,34)(H,32,36). The van der Waals surface area contributed by atoms with Crippen LogP contribution in [0.4, 0.5) is 10.5 Å². The summed E-state index contributed by atoms with van der Waals surface area (Å²) in [5.41, 5.74) is 2.77. The zero-order valence-electron chi connectivity index (χ0n) is 22.7. The van der Waals surface area contributed by atoms with Crippen LogP contribution in [0.3, 0.4) is 0 Å². The van der Waals surface area contributed by atoms with Crippen molar-refractivity contribution in [3.63, 3.8) is 0 Å². The molecular weight excluding hydrogens is 490 g/mol. The number of nitrogens with one attached hydrogen (secondary N) is 2. The molecule has 0 saturated heterocycles. The van der Waals surface area contributed by atoms with Gasteiger partial charge in [0.2, 0.25) is 0 Å². The first-order valence-electron chi connectivity index (χ1n) is 12.1. The van der Waals surface area contributed by atoms with Crippen LogP contribution in [0.1, 0.15) is 62.9 Å². The first kappa shape index (κ1) is 29.7. The van der Waals surface area contributed by atoms with Gasteiger partial charge in [-0.15, -0.1) is 0 Å². The van der Waals surface area contributed by atoms with E-state index in [0.717, 1.165) is 21.6 Å². The van der Waals surface area contributed by atoms with Crippen LogP contribution < -0.4 is 10.6 Å². The molecule has 0 aliphatic heterocycles. The molecule has 37 heavy (non-hydrogen) atoms. The van der Waals surface area contributed by atoms with Crippen molar-refractivity contribution in [3.8, 4) is 12.5 Å². The number of aryl methyl sites for hydroxylation is 3. The lowest BCUT2D eigenvalue weighted by molar-refractivity contribution is -0.137. The lowest BCUT2D eigenvalue weighted by Gasteiger charge is -2.32. The molecule has 2 aromatic rings. The van der Waals surface area contributed by atoms with Crippen molar-refractivity contribution < 1.29 is 19.1 Å². The second-order valence-corrected chi connectivity index (χ2v) is 10.9. The number of ether oxygens (including phenoxy) is 1. The van der Waals surface area contributed by atoms with Crippen LogP contribution in [0.5, 0.6) is 0 Å². The van der Waals surface area contributed by atoms with E-state index in [1.54, 1.807) is 58.9 Å². The van der Waals surface area contributed by atoms with Gasteiger partial charge in [-0.2, -0.15) is 0 Å². The number of hydrogen-bond acceptors (Lipinski definition) is 4. The van der Waals surface area contributed by atoms with E-state index >= 15 is 0 Å². The van der Waals surface area contributed by atoms with Gasteiger partial charge in [-0.3, -0.25) is 14.5 Å². The Labute approximate surface area is 224 Å². The van der Waals surface area contributed by atoms with E-state index in [1.165, 1.54) is 0 Å². The van der Waals surface area contributed by atoms with Gasteiger partial charge in [0.1, 0.15) is 17.7 Å². The maximum Gasteiger partial charge on any atom is 0.408 e. The second-order valence-electron chi connectivity index (χ2n) is 10.4. The maximum atomic E-state index is 13.8. The highest BCUT2D eigenvalue weighted by atomic mass is 35.5. The highest BCUT2D eigenvalue weighted by molar-refractivity contribution is 6.34. The number of benzene rings is 2. The molecular formula is C29H36ClN3O4. The number of hydrogen-bond donors (Lipinski definition) is 2. The second kappa shape index (κ2) is 12.2. The number of nitrogens with zero attached hydrogens (tertiary/aromatic N) is 1. The van der Waals surface area contributed by atoms with E-state index in [4.69, 9.17) is 22.8 Å². The highest BCUT2D eigenvalue weighted by Gasteiger charge is 2.37. The number of halogens is 1. The van der Waals surface area contributed by atoms with Gasteiger partial charge < -0.3 is 15.4 Å². The van der Waals surface area contributed by atoms with Crippen LogP contribution in [0.2, 0.25) is 5.02 Å². The predicted molar refractivity (Wildman–Crippen MR) is 147 cm³/mol. The molecule has 0 aliphatic carbocycles. The Morgan fingerprint density at radius 1 is 1.05 bits per heavy atom. The molecule has 2 atom stereocenters. The van der Waals surface area contributed by atoms with Gasteiger partial charge in [-0.1, -0.05) is 73.3 Å². The van der Waals surface area contributed by atoms with E-state index in [1.807, 2.05) is 32.9 Å². The fraction of sp³-hybridized carbons (Fsp3) is 0.414. The molecule has 2 aromatic carbocycles. The van der Waals surface area contributed by atoms with Crippen molar-refractivity contribution in [2.24, 2.45) is 5.92 Å². The summed E-state index contributed by atoms with van der Waals surface area (Å²) >= 11 is 6.36. The van der Waals surface area contributed by atoms with Gasteiger partial charge in [-0.05, 0) is 64.7 Å². The summed E-state index contributed by atoms with van der Waals surface area (Å²) in [4.78, 5) is 41.1. The van der Waals surface area contributed by atoms with Gasteiger partial charge in [-0.25, -0.2) is 4.79 Å². The lowest BCUT2D eigenvalue weighted by Crippen LogP contribution is -2.53. The van der Waals surface area contributed by atoms with Gasteiger partial charge >= 0.3 is 6.09 Å². The van der Waals surface area contributed by atoms with Gasteiger partial charge in [0.05, 0.1) is 10.7 Å². The molecule has 0 bridgehead atoms. The molecule has 2 unspecified atom stereocenters. The fourth-order valence-corrected chi connectivity index (χ4v) is 4.20. The monoisotopic (exact) mass is 525 g/mol. The molecule has 0 radical (unpaired) electrons. The third kappa shape index (κ3) is 7.99. The van der Waals surface area contributed by atoms with Gasteiger partial charge in [0.25, 0.3) is 11.8 Å². The summed E-state index contributed by atoms with van der Waals surface area (Å²) in [5.74, 6) is -1.49. The molecule has 2 N–H and O–H groups in total. The first-order valence-corrected chi connectivity index (χ1v) is 12.5. The molecule has 2 rings (SSSR count). The summed E-state index contributed by atoms with van der Waals surface area (Å²) in [6.45, 7) is 14.3. The number of anilines is 1. The Morgan fingerprint density at radius 3 is 2.14 bits per heavy atom. The third-order valence-electron chi connectivity index (χ3n) is 5.52. The largest absolute Gasteiger partial charge is 0.444 e. The first-order chi connectivity index (χ1) is 17.1. The van der Waals surface area contributed by atoms with Crippen molar-refractivity contribution in [1.82, 2.24) is 10.2 Å². The van der Waals surface area contributed by atoms with Crippen LogP contribution in [-0.2, 0) is 14.3 Å². The quantitative estimate of drug-likeness (QED) is 0.347. The van der Waals surface area contributed by atoms with E-state index in [2.05, 4.69) is 16.7 Å². The molecule has 3 amide bonds. The summed E-state index contributed by atoms with van der Waals surface area (Å²) in [6.07, 6.45) is 5.10. The molecule has 8 heteroatoms. The number of rotatable bonds is 7. The van der Waals surface area contributed by atoms with E-state index in [0.29, 0.717) is 16.3 Å². The Balaban J connectivity index is 2.55. The average Bonchev–Trinajstić information content (AvgIpc) is 2.75. The van der Waals surface area contributed by atoms with Crippen LogP contribution in [0, 0.1) is 39.2 Å². The lowest BCUT2D eigenvalue weighted by atomic mass is 9.97. The van der Waals surface area contributed by atoms with Gasteiger partial charge in [0, 0.05) is 6.04 Å². The van der Waals surface area contributed by atoms with E-state index < -0.39 is 35.6 Å².